The first-order valence-electron chi connectivity index (χ1n) is 11.8. The third-order valence-electron chi connectivity index (χ3n) is 6.31. The Hall–Kier alpha value is -2.27. The first kappa shape index (κ1) is 24.8. The van der Waals surface area contributed by atoms with E-state index in [0.717, 1.165) is 19.4 Å². The number of halogens is 1. The molecule has 0 saturated carbocycles. The topological polar surface area (TPSA) is 105 Å². The van der Waals surface area contributed by atoms with Crippen LogP contribution in [0.25, 0.3) is 11.2 Å². The minimum absolute atomic E-state index is 0.292. The van der Waals surface area contributed by atoms with E-state index < -0.39 is 24.5 Å². The molecule has 1 saturated heterocycles. The molecule has 0 aliphatic carbocycles. The van der Waals surface area contributed by atoms with Crippen molar-refractivity contribution in [2.24, 2.45) is 5.92 Å². The molecule has 10 heteroatoms. The van der Waals surface area contributed by atoms with Gasteiger partial charge in [-0.05, 0) is 24.5 Å². The maximum absolute atomic E-state index is 13.9. The summed E-state index contributed by atoms with van der Waals surface area (Å²) >= 11 is 1.24. The number of hydrogen-bond acceptors (Lipinski definition) is 8. The zero-order valence-corrected chi connectivity index (χ0v) is 20.3. The molecule has 184 valence electrons. The summed E-state index contributed by atoms with van der Waals surface area (Å²) in [6.45, 7) is 5.18. The molecule has 0 amide bonds. The fourth-order valence-corrected chi connectivity index (χ4v) is 5.18. The molecule has 0 bridgehead atoms. The second kappa shape index (κ2) is 11.4. The second-order valence-electron chi connectivity index (χ2n) is 8.63. The molecule has 0 spiro atoms. The summed E-state index contributed by atoms with van der Waals surface area (Å²) in [5, 5.41) is 24.7. The Kier molecular flexibility index (Phi) is 8.36. The van der Waals surface area contributed by atoms with Gasteiger partial charge < -0.3 is 20.3 Å². The number of fused-ring (bicyclic) bond motifs is 1. The van der Waals surface area contributed by atoms with Gasteiger partial charge in [-0.2, -0.15) is 0 Å². The van der Waals surface area contributed by atoms with Crippen LogP contribution in [0.2, 0.25) is 0 Å². The van der Waals surface area contributed by atoms with Crippen LogP contribution in [-0.4, -0.2) is 60.3 Å². The molecule has 8 nitrogen and oxygen atoms in total. The number of nitrogens with zero attached hydrogens (tertiary/aromatic N) is 4. The molecule has 4 rings (SSSR count). The highest BCUT2D eigenvalue weighted by Crippen LogP contribution is 2.35. The van der Waals surface area contributed by atoms with E-state index in [4.69, 9.17) is 4.74 Å². The van der Waals surface area contributed by atoms with Crippen LogP contribution < -0.4 is 5.32 Å². The molecule has 3 heterocycles. The van der Waals surface area contributed by atoms with Gasteiger partial charge in [0.25, 0.3) is 0 Å². The van der Waals surface area contributed by atoms with Gasteiger partial charge in [-0.3, -0.25) is 4.57 Å². The van der Waals surface area contributed by atoms with Crippen LogP contribution in [0.1, 0.15) is 45.8 Å². The molecule has 2 aromatic heterocycles. The standard InChI is InChI=1S/C24H32FN5O3S/c1-3-5-8-15(4-2)11-26-22-19-23(28-13-27-22)30(14-29-19)24-21(32)20(31)17(33-24)12-34-18-10-7-6-9-16(18)25/h6-7,9-10,13-15,17,20-21,24,31-32H,3-5,8,11-12H2,1-2H3,(H,26,27,28)/t15?,17-,20-,21-,24-/m1/s1. The van der Waals surface area contributed by atoms with Crippen molar-refractivity contribution in [1.29, 1.82) is 0 Å². The van der Waals surface area contributed by atoms with E-state index in [1.165, 1.54) is 37.0 Å². The van der Waals surface area contributed by atoms with E-state index in [-0.39, 0.29) is 5.82 Å². The summed E-state index contributed by atoms with van der Waals surface area (Å²) in [4.78, 5) is 13.7. The van der Waals surface area contributed by atoms with Gasteiger partial charge in [0.2, 0.25) is 0 Å². The maximum Gasteiger partial charge on any atom is 0.167 e. The highest BCUT2D eigenvalue weighted by atomic mass is 32.2. The van der Waals surface area contributed by atoms with Gasteiger partial charge in [-0.15, -0.1) is 11.8 Å². The predicted molar refractivity (Wildman–Crippen MR) is 130 cm³/mol. The molecule has 34 heavy (non-hydrogen) atoms. The van der Waals surface area contributed by atoms with Gasteiger partial charge in [0.1, 0.15) is 24.4 Å². The second-order valence-corrected chi connectivity index (χ2v) is 9.69. The van der Waals surface area contributed by atoms with Crippen LogP contribution >= 0.6 is 11.8 Å². The van der Waals surface area contributed by atoms with E-state index >= 15 is 0 Å². The number of benzene rings is 1. The lowest BCUT2D eigenvalue weighted by molar-refractivity contribution is -0.0289. The fourth-order valence-electron chi connectivity index (χ4n) is 4.18. The summed E-state index contributed by atoms with van der Waals surface area (Å²) in [6.07, 6.45) is 3.80. The van der Waals surface area contributed by atoms with Gasteiger partial charge in [0, 0.05) is 17.2 Å². The number of nitrogens with one attached hydrogen (secondary N) is 1. The Labute approximate surface area is 203 Å². The summed E-state index contributed by atoms with van der Waals surface area (Å²) < 4.78 is 21.6. The monoisotopic (exact) mass is 489 g/mol. The smallest absolute Gasteiger partial charge is 0.167 e. The van der Waals surface area contributed by atoms with Crippen LogP contribution in [0.5, 0.6) is 0 Å². The molecule has 1 fully saturated rings. The Balaban J connectivity index is 1.46. The Morgan fingerprint density at radius 2 is 2.00 bits per heavy atom. The zero-order chi connectivity index (χ0) is 24.1. The van der Waals surface area contributed by atoms with Crippen LogP contribution in [0, 0.1) is 11.7 Å². The number of hydrogen-bond donors (Lipinski definition) is 3. The molecule has 3 aromatic rings. The van der Waals surface area contributed by atoms with E-state index in [2.05, 4.69) is 34.1 Å². The average molecular weight is 490 g/mol. The van der Waals surface area contributed by atoms with Crippen molar-refractivity contribution in [3.05, 3.63) is 42.7 Å². The number of aromatic nitrogens is 4. The van der Waals surface area contributed by atoms with E-state index in [1.807, 2.05) is 0 Å². The van der Waals surface area contributed by atoms with Crippen LogP contribution in [0.3, 0.4) is 0 Å². The van der Waals surface area contributed by atoms with Crippen molar-refractivity contribution in [2.75, 3.05) is 17.6 Å². The number of anilines is 1. The molecule has 1 unspecified atom stereocenters. The van der Waals surface area contributed by atoms with Gasteiger partial charge in [0.05, 0.1) is 12.4 Å². The number of rotatable bonds is 11. The molecule has 1 aromatic carbocycles. The Morgan fingerprint density at radius 1 is 1.18 bits per heavy atom. The number of imidazole rings is 1. The normalized spacial score (nSPS) is 23.4. The zero-order valence-electron chi connectivity index (χ0n) is 19.5. The predicted octanol–water partition coefficient (Wildman–Crippen LogP) is 4.01. The number of ether oxygens (including phenoxy) is 1. The number of unbranched alkanes of at least 4 members (excludes halogenated alkanes) is 1. The number of thioether (sulfide) groups is 1. The van der Waals surface area contributed by atoms with Gasteiger partial charge in [-0.25, -0.2) is 19.3 Å². The molecular weight excluding hydrogens is 457 g/mol. The van der Waals surface area contributed by atoms with Crippen molar-refractivity contribution < 1.29 is 19.3 Å². The molecule has 1 aliphatic heterocycles. The fraction of sp³-hybridized carbons (Fsp3) is 0.542. The van der Waals surface area contributed by atoms with E-state index in [1.54, 1.807) is 29.1 Å². The number of aliphatic hydroxyl groups is 2. The first-order valence-corrected chi connectivity index (χ1v) is 12.8. The van der Waals surface area contributed by atoms with Crippen LogP contribution in [0.4, 0.5) is 10.2 Å². The lowest BCUT2D eigenvalue weighted by Crippen LogP contribution is -2.32. The van der Waals surface area contributed by atoms with Crippen molar-refractivity contribution in [3.8, 4) is 0 Å². The van der Waals surface area contributed by atoms with Crippen LogP contribution in [-0.2, 0) is 4.74 Å². The summed E-state index contributed by atoms with van der Waals surface area (Å²) in [5.41, 5.74) is 1.10. The van der Waals surface area contributed by atoms with Crippen molar-refractivity contribution in [3.63, 3.8) is 0 Å². The highest BCUT2D eigenvalue weighted by Gasteiger charge is 2.44. The van der Waals surface area contributed by atoms with Gasteiger partial charge >= 0.3 is 0 Å². The largest absolute Gasteiger partial charge is 0.387 e. The third kappa shape index (κ3) is 5.35. The lowest BCUT2D eigenvalue weighted by atomic mass is 9.99. The van der Waals surface area contributed by atoms with E-state index in [0.29, 0.717) is 33.5 Å². The quantitative estimate of drug-likeness (QED) is 0.347. The van der Waals surface area contributed by atoms with Gasteiger partial charge in [-0.1, -0.05) is 45.2 Å². The maximum atomic E-state index is 13.9. The Morgan fingerprint density at radius 3 is 2.76 bits per heavy atom. The van der Waals surface area contributed by atoms with Gasteiger partial charge in [0.15, 0.2) is 23.2 Å². The molecule has 0 radical (unpaired) electrons. The number of aliphatic hydroxyl groups excluding tert-OH is 2. The molecular formula is C24H32FN5O3S. The van der Waals surface area contributed by atoms with Crippen molar-refractivity contribution in [1.82, 2.24) is 19.5 Å². The molecule has 1 aliphatic rings. The van der Waals surface area contributed by atoms with Crippen molar-refractivity contribution >= 4 is 28.7 Å². The lowest BCUT2D eigenvalue weighted by Gasteiger charge is -2.17. The Bertz CT molecular complexity index is 1080. The highest BCUT2D eigenvalue weighted by molar-refractivity contribution is 7.99. The minimum atomic E-state index is -1.17. The summed E-state index contributed by atoms with van der Waals surface area (Å²) in [7, 11) is 0. The molecule has 3 N–H and O–H groups in total. The van der Waals surface area contributed by atoms with Crippen LogP contribution in [0.15, 0.2) is 41.8 Å². The average Bonchev–Trinajstić information content (AvgIpc) is 3.40. The van der Waals surface area contributed by atoms with E-state index in [9.17, 15) is 14.6 Å². The van der Waals surface area contributed by atoms with Crippen molar-refractivity contribution in [2.45, 2.75) is 69.0 Å². The summed E-state index contributed by atoms with van der Waals surface area (Å²) in [5.74, 6) is 1.16. The first-order chi connectivity index (χ1) is 16.5. The SMILES string of the molecule is CCCCC(CC)CNc1ncnc2c1ncn2[C@@H]1O[C@H](CSc2ccccc2F)[C@@H](O)[C@H]1O. The molecule has 5 atom stereocenters. The third-order valence-corrected chi connectivity index (χ3v) is 7.45. The summed E-state index contributed by atoms with van der Waals surface area (Å²) in [6, 6.07) is 6.45. The minimum Gasteiger partial charge on any atom is -0.387 e.